The number of nitrogens with one attached hydrogen (secondary N) is 1. The summed E-state index contributed by atoms with van der Waals surface area (Å²) >= 11 is 0. The summed E-state index contributed by atoms with van der Waals surface area (Å²) in [5.41, 5.74) is 9.81. The van der Waals surface area contributed by atoms with E-state index in [2.05, 4.69) is 30.4 Å². The fourth-order valence-corrected chi connectivity index (χ4v) is 1.95. The maximum Gasteiger partial charge on any atom is 0.0424 e. The molecule has 0 saturated heterocycles. The van der Waals surface area contributed by atoms with Gasteiger partial charge in [0.1, 0.15) is 0 Å². The quantitative estimate of drug-likeness (QED) is 0.688. The van der Waals surface area contributed by atoms with Crippen molar-refractivity contribution in [1.29, 1.82) is 0 Å². The standard InChI is InChI=1S/C11H16N2/c1-7-6-13-11-9(7)4-3-5-10(11)8(2)12/h3-5,7-8,13H,6,12H2,1-2H3. The Morgan fingerprint density at radius 1 is 1.54 bits per heavy atom. The summed E-state index contributed by atoms with van der Waals surface area (Å²) in [6, 6.07) is 6.51. The number of para-hydroxylation sites is 1. The predicted octanol–water partition coefficient (Wildman–Crippen LogP) is 2.24. The molecule has 0 amide bonds. The van der Waals surface area contributed by atoms with Gasteiger partial charge in [0.2, 0.25) is 0 Å². The average Bonchev–Trinajstić information content (AvgIpc) is 2.48. The van der Waals surface area contributed by atoms with Gasteiger partial charge in [0, 0.05) is 24.2 Å². The summed E-state index contributed by atoms with van der Waals surface area (Å²) < 4.78 is 0. The molecule has 2 nitrogen and oxygen atoms in total. The van der Waals surface area contributed by atoms with E-state index in [9.17, 15) is 0 Å². The van der Waals surface area contributed by atoms with E-state index in [0.717, 1.165) is 6.54 Å². The van der Waals surface area contributed by atoms with Gasteiger partial charge in [-0.05, 0) is 18.1 Å². The first-order valence-electron chi connectivity index (χ1n) is 4.82. The molecule has 0 aromatic heterocycles. The molecule has 1 heterocycles. The molecule has 0 spiro atoms. The van der Waals surface area contributed by atoms with Gasteiger partial charge < -0.3 is 11.1 Å². The van der Waals surface area contributed by atoms with Gasteiger partial charge in [0.05, 0.1) is 0 Å². The molecule has 2 heteroatoms. The van der Waals surface area contributed by atoms with Crippen LogP contribution in [0.1, 0.15) is 36.9 Å². The molecule has 0 fully saturated rings. The molecule has 70 valence electrons. The lowest BCUT2D eigenvalue weighted by Gasteiger charge is -2.11. The lowest BCUT2D eigenvalue weighted by molar-refractivity contribution is 0.819. The number of nitrogens with two attached hydrogens (primary N) is 1. The zero-order chi connectivity index (χ0) is 9.42. The third kappa shape index (κ3) is 1.31. The number of fused-ring (bicyclic) bond motifs is 1. The maximum absolute atomic E-state index is 5.89. The predicted molar refractivity (Wildman–Crippen MR) is 55.9 cm³/mol. The Bertz CT molecular complexity index is 318. The van der Waals surface area contributed by atoms with Crippen molar-refractivity contribution in [3.05, 3.63) is 29.3 Å². The van der Waals surface area contributed by atoms with E-state index >= 15 is 0 Å². The number of benzene rings is 1. The molecular formula is C11H16N2. The first kappa shape index (κ1) is 8.57. The maximum atomic E-state index is 5.89. The lowest BCUT2D eigenvalue weighted by atomic mass is 9.98. The Labute approximate surface area is 79.1 Å². The molecule has 0 saturated carbocycles. The van der Waals surface area contributed by atoms with E-state index in [1.807, 2.05) is 6.92 Å². The zero-order valence-corrected chi connectivity index (χ0v) is 8.17. The third-order valence-corrected chi connectivity index (χ3v) is 2.74. The summed E-state index contributed by atoms with van der Waals surface area (Å²) in [4.78, 5) is 0. The smallest absolute Gasteiger partial charge is 0.0424 e. The van der Waals surface area contributed by atoms with Gasteiger partial charge in [-0.1, -0.05) is 25.1 Å². The van der Waals surface area contributed by atoms with Gasteiger partial charge in [0.25, 0.3) is 0 Å². The molecule has 1 aliphatic rings. The van der Waals surface area contributed by atoms with Crippen molar-refractivity contribution in [3.8, 4) is 0 Å². The fraction of sp³-hybridized carbons (Fsp3) is 0.455. The Morgan fingerprint density at radius 3 is 3.00 bits per heavy atom. The van der Waals surface area contributed by atoms with Crippen LogP contribution >= 0.6 is 0 Å². The molecule has 2 unspecified atom stereocenters. The monoisotopic (exact) mass is 176 g/mol. The van der Waals surface area contributed by atoms with Crippen molar-refractivity contribution in [2.75, 3.05) is 11.9 Å². The van der Waals surface area contributed by atoms with Gasteiger partial charge in [0.15, 0.2) is 0 Å². The summed E-state index contributed by atoms with van der Waals surface area (Å²) in [5, 5.41) is 3.42. The molecule has 1 aromatic rings. The van der Waals surface area contributed by atoms with Crippen LogP contribution in [0.3, 0.4) is 0 Å². The second-order valence-electron chi connectivity index (χ2n) is 3.88. The minimum atomic E-state index is 0.118. The summed E-state index contributed by atoms with van der Waals surface area (Å²) in [6.07, 6.45) is 0. The van der Waals surface area contributed by atoms with Crippen LogP contribution in [0.5, 0.6) is 0 Å². The Balaban J connectivity index is 2.51. The first-order chi connectivity index (χ1) is 6.20. The van der Waals surface area contributed by atoms with Crippen LogP contribution in [0, 0.1) is 0 Å². The molecule has 0 radical (unpaired) electrons. The lowest BCUT2D eigenvalue weighted by Crippen LogP contribution is -2.07. The van der Waals surface area contributed by atoms with E-state index < -0.39 is 0 Å². The first-order valence-corrected chi connectivity index (χ1v) is 4.82. The number of hydrogen-bond donors (Lipinski definition) is 2. The largest absolute Gasteiger partial charge is 0.384 e. The van der Waals surface area contributed by atoms with Crippen molar-refractivity contribution >= 4 is 5.69 Å². The number of rotatable bonds is 1. The number of hydrogen-bond acceptors (Lipinski definition) is 2. The van der Waals surface area contributed by atoms with Gasteiger partial charge in [-0.15, -0.1) is 0 Å². The van der Waals surface area contributed by atoms with E-state index in [4.69, 9.17) is 5.73 Å². The van der Waals surface area contributed by atoms with E-state index in [1.54, 1.807) is 0 Å². The molecule has 0 bridgehead atoms. The molecule has 2 atom stereocenters. The SMILES string of the molecule is CC(N)c1cccc2c1NCC2C. The van der Waals surface area contributed by atoms with Gasteiger partial charge >= 0.3 is 0 Å². The van der Waals surface area contributed by atoms with Crippen LogP contribution in [-0.2, 0) is 0 Å². The fourth-order valence-electron chi connectivity index (χ4n) is 1.95. The second-order valence-corrected chi connectivity index (χ2v) is 3.88. The number of anilines is 1. The minimum Gasteiger partial charge on any atom is -0.384 e. The third-order valence-electron chi connectivity index (χ3n) is 2.74. The Kier molecular flexibility index (Phi) is 2.00. The Hall–Kier alpha value is -1.02. The molecule has 1 aromatic carbocycles. The van der Waals surface area contributed by atoms with Crippen molar-refractivity contribution in [1.82, 2.24) is 0 Å². The highest BCUT2D eigenvalue weighted by molar-refractivity contribution is 5.63. The highest BCUT2D eigenvalue weighted by Crippen LogP contribution is 2.35. The van der Waals surface area contributed by atoms with Gasteiger partial charge in [-0.3, -0.25) is 0 Å². The van der Waals surface area contributed by atoms with Crippen LogP contribution < -0.4 is 11.1 Å². The van der Waals surface area contributed by atoms with Crippen LogP contribution in [0.4, 0.5) is 5.69 Å². The van der Waals surface area contributed by atoms with Crippen molar-refractivity contribution in [3.63, 3.8) is 0 Å². The van der Waals surface area contributed by atoms with Crippen LogP contribution in [0.25, 0.3) is 0 Å². The molecule has 2 rings (SSSR count). The summed E-state index contributed by atoms with van der Waals surface area (Å²) in [7, 11) is 0. The van der Waals surface area contributed by atoms with Crippen LogP contribution in [-0.4, -0.2) is 6.54 Å². The Morgan fingerprint density at radius 2 is 2.31 bits per heavy atom. The van der Waals surface area contributed by atoms with Crippen molar-refractivity contribution in [2.45, 2.75) is 25.8 Å². The second kappa shape index (κ2) is 3.04. The van der Waals surface area contributed by atoms with Crippen molar-refractivity contribution in [2.24, 2.45) is 5.73 Å². The van der Waals surface area contributed by atoms with Crippen LogP contribution in [0.2, 0.25) is 0 Å². The molecule has 3 N–H and O–H groups in total. The van der Waals surface area contributed by atoms with E-state index in [1.165, 1.54) is 16.8 Å². The minimum absolute atomic E-state index is 0.118. The van der Waals surface area contributed by atoms with Crippen LogP contribution in [0.15, 0.2) is 18.2 Å². The van der Waals surface area contributed by atoms with Gasteiger partial charge in [-0.2, -0.15) is 0 Å². The topological polar surface area (TPSA) is 38.0 Å². The van der Waals surface area contributed by atoms with E-state index in [0.29, 0.717) is 5.92 Å². The molecular weight excluding hydrogens is 160 g/mol. The van der Waals surface area contributed by atoms with E-state index in [-0.39, 0.29) is 6.04 Å². The highest BCUT2D eigenvalue weighted by Gasteiger charge is 2.21. The molecule has 13 heavy (non-hydrogen) atoms. The summed E-state index contributed by atoms with van der Waals surface area (Å²) in [6.45, 7) is 5.31. The normalized spacial score (nSPS) is 22.2. The summed E-state index contributed by atoms with van der Waals surface area (Å²) in [5.74, 6) is 0.619. The molecule has 0 aliphatic carbocycles. The van der Waals surface area contributed by atoms with Crippen molar-refractivity contribution < 1.29 is 0 Å². The molecule has 1 aliphatic heterocycles. The highest BCUT2D eigenvalue weighted by atomic mass is 14.9. The van der Waals surface area contributed by atoms with Gasteiger partial charge in [-0.25, -0.2) is 0 Å². The average molecular weight is 176 g/mol. The zero-order valence-electron chi connectivity index (χ0n) is 8.17.